The van der Waals surface area contributed by atoms with Gasteiger partial charge in [0.25, 0.3) is 0 Å². The second-order valence-electron chi connectivity index (χ2n) is 12.4. The van der Waals surface area contributed by atoms with Crippen molar-refractivity contribution in [3.05, 3.63) is 48.6 Å². The molecule has 0 aromatic carbocycles. The van der Waals surface area contributed by atoms with Crippen LogP contribution in [0.15, 0.2) is 48.6 Å². The number of cyclic esters (lactones) is 1. The maximum Gasteiger partial charge on any atom is 0.404 e. The minimum atomic E-state index is -0.894. The van der Waals surface area contributed by atoms with E-state index in [0.29, 0.717) is 6.42 Å². The Labute approximate surface area is 252 Å². The first-order valence-corrected chi connectivity index (χ1v) is 15.0. The Bertz CT molecular complexity index is 962. The highest BCUT2D eigenvalue weighted by molar-refractivity contribution is 5.73. The van der Waals surface area contributed by atoms with Crippen LogP contribution >= 0.6 is 0 Å². The summed E-state index contributed by atoms with van der Waals surface area (Å²) in [5.74, 6) is -2.52. The van der Waals surface area contributed by atoms with E-state index in [9.17, 15) is 30.0 Å². The van der Waals surface area contributed by atoms with Crippen molar-refractivity contribution in [1.29, 1.82) is 0 Å². The van der Waals surface area contributed by atoms with Crippen LogP contribution in [0.2, 0.25) is 0 Å². The normalized spacial score (nSPS) is 28.3. The number of nitrogens with two attached hydrogens (primary N) is 1. The number of allylic oxidation sites excluding steroid dienone is 3. The van der Waals surface area contributed by atoms with Crippen LogP contribution < -0.4 is 5.73 Å². The molecule has 0 spiro atoms. The Morgan fingerprint density at radius 2 is 1.64 bits per heavy atom. The molecule has 1 aliphatic rings. The number of esters is 1. The van der Waals surface area contributed by atoms with E-state index in [-0.39, 0.29) is 41.9 Å². The zero-order valence-electron chi connectivity index (χ0n) is 26.6. The predicted octanol–water partition coefficient (Wildman–Crippen LogP) is 4.30. The fourth-order valence-corrected chi connectivity index (χ4v) is 5.80. The van der Waals surface area contributed by atoms with Gasteiger partial charge in [0.2, 0.25) is 0 Å². The maximum absolute atomic E-state index is 12.0. The molecule has 42 heavy (non-hydrogen) atoms. The Morgan fingerprint density at radius 3 is 2.21 bits per heavy atom. The monoisotopic (exact) mass is 593 g/mol. The Hall–Kier alpha value is -2.46. The van der Waals surface area contributed by atoms with E-state index in [1.165, 1.54) is 0 Å². The summed E-state index contributed by atoms with van der Waals surface area (Å²) >= 11 is 0. The Kier molecular flexibility index (Phi) is 15.7. The van der Waals surface area contributed by atoms with Gasteiger partial charge >= 0.3 is 12.1 Å². The van der Waals surface area contributed by atoms with Crippen molar-refractivity contribution < 1.29 is 39.5 Å². The van der Waals surface area contributed by atoms with Gasteiger partial charge in [-0.3, -0.25) is 4.79 Å². The number of carbonyl (C=O) groups excluding carboxylic acids is 2. The molecule has 1 amide bonds. The van der Waals surface area contributed by atoms with E-state index in [2.05, 4.69) is 6.58 Å². The van der Waals surface area contributed by atoms with Crippen LogP contribution in [0.1, 0.15) is 68.2 Å². The zero-order chi connectivity index (χ0) is 32.3. The SMILES string of the molecule is C=CC=C[C@H](C)[C@@H](OC(N)=O)[C@H](C)[C@H](O)[C@@H](C)CC(C)=C[C@@H](C)C(O)C(C)C=C[C@@H](O)C[C@H]1OC(=O)[C@@H](C)[C@H](O)[C@@H]1C. The third kappa shape index (κ3) is 11.3. The molecule has 9 nitrogen and oxygen atoms in total. The number of aliphatic hydroxyl groups is 4. The highest BCUT2D eigenvalue weighted by Crippen LogP contribution is 2.30. The maximum atomic E-state index is 12.0. The molecule has 0 bridgehead atoms. The largest absolute Gasteiger partial charge is 0.462 e. The molecule has 240 valence electrons. The van der Waals surface area contributed by atoms with Crippen LogP contribution in [-0.4, -0.2) is 69.1 Å². The van der Waals surface area contributed by atoms with Gasteiger partial charge in [-0.25, -0.2) is 4.79 Å². The number of primary amides is 1. The first-order chi connectivity index (χ1) is 19.5. The summed E-state index contributed by atoms with van der Waals surface area (Å²) in [5, 5.41) is 42.8. The van der Waals surface area contributed by atoms with Gasteiger partial charge in [0.15, 0.2) is 0 Å². The van der Waals surface area contributed by atoms with Crippen LogP contribution in [0.3, 0.4) is 0 Å². The van der Waals surface area contributed by atoms with Crippen molar-refractivity contribution in [3.8, 4) is 0 Å². The summed E-state index contributed by atoms with van der Waals surface area (Å²) in [6.07, 6.45) is 6.04. The first-order valence-electron chi connectivity index (χ1n) is 15.0. The molecule has 0 aromatic rings. The van der Waals surface area contributed by atoms with E-state index >= 15 is 0 Å². The number of hydrogen-bond donors (Lipinski definition) is 5. The molecule has 0 aromatic heterocycles. The predicted molar refractivity (Wildman–Crippen MR) is 164 cm³/mol. The molecule has 1 fully saturated rings. The van der Waals surface area contributed by atoms with Gasteiger partial charge in [0.05, 0.1) is 30.3 Å². The first kappa shape index (κ1) is 37.6. The summed E-state index contributed by atoms with van der Waals surface area (Å²) in [5.41, 5.74) is 6.30. The number of carbonyl (C=O) groups is 2. The van der Waals surface area contributed by atoms with E-state index < -0.39 is 54.6 Å². The molecule has 13 atom stereocenters. The second-order valence-corrected chi connectivity index (χ2v) is 12.4. The van der Waals surface area contributed by atoms with Crippen LogP contribution in [0.5, 0.6) is 0 Å². The lowest BCUT2D eigenvalue weighted by atomic mass is 9.81. The van der Waals surface area contributed by atoms with Gasteiger partial charge in [0.1, 0.15) is 12.2 Å². The lowest BCUT2D eigenvalue weighted by Gasteiger charge is -2.36. The summed E-state index contributed by atoms with van der Waals surface area (Å²) < 4.78 is 10.8. The number of rotatable bonds is 16. The van der Waals surface area contributed by atoms with Crippen LogP contribution in [0.4, 0.5) is 4.79 Å². The summed E-state index contributed by atoms with van der Waals surface area (Å²) in [4.78, 5) is 23.5. The van der Waals surface area contributed by atoms with Crippen molar-refractivity contribution in [2.75, 3.05) is 0 Å². The van der Waals surface area contributed by atoms with E-state index in [1.54, 1.807) is 38.2 Å². The highest BCUT2D eigenvalue weighted by atomic mass is 16.6. The van der Waals surface area contributed by atoms with Crippen molar-refractivity contribution in [3.63, 3.8) is 0 Å². The standard InChI is InChI=1S/C33H55NO8/c1-10-11-12-20(4)31(42-33(34)40)24(8)29(37)22(6)16-18(2)15-21(5)28(36)19(3)13-14-26(35)17-27-23(7)30(38)25(9)32(39)41-27/h10-15,19-31,35-38H,1,16-17H2,2-9H3,(H2,34,40)/t19?,20-,21+,22-,23+,24+,25-,26+,27+,28?,29+,30+,31+/m0/s1. The van der Waals surface area contributed by atoms with Crippen molar-refractivity contribution in [2.45, 2.75) is 105 Å². The van der Waals surface area contributed by atoms with Crippen LogP contribution in [0, 0.1) is 41.4 Å². The van der Waals surface area contributed by atoms with E-state index in [0.717, 1.165) is 5.57 Å². The van der Waals surface area contributed by atoms with E-state index in [4.69, 9.17) is 15.2 Å². The number of hydrogen-bond acceptors (Lipinski definition) is 8. The molecule has 1 aliphatic heterocycles. The molecular formula is C33H55NO8. The third-order valence-corrected chi connectivity index (χ3v) is 8.62. The van der Waals surface area contributed by atoms with Crippen LogP contribution in [-0.2, 0) is 14.3 Å². The fourth-order valence-electron chi connectivity index (χ4n) is 5.80. The average Bonchev–Trinajstić information content (AvgIpc) is 2.93. The molecule has 6 N–H and O–H groups in total. The summed E-state index contributed by atoms with van der Waals surface area (Å²) in [6.45, 7) is 18.5. The lowest BCUT2D eigenvalue weighted by Crippen LogP contribution is -2.47. The minimum Gasteiger partial charge on any atom is -0.462 e. The van der Waals surface area contributed by atoms with Gasteiger partial charge in [-0.1, -0.05) is 90.2 Å². The zero-order valence-corrected chi connectivity index (χ0v) is 26.6. The lowest BCUT2D eigenvalue weighted by molar-refractivity contribution is -0.179. The Morgan fingerprint density at radius 1 is 1.02 bits per heavy atom. The molecule has 9 heteroatoms. The molecule has 1 heterocycles. The number of aliphatic hydroxyl groups excluding tert-OH is 4. The Balaban J connectivity index is 2.76. The van der Waals surface area contributed by atoms with Crippen LogP contribution in [0.25, 0.3) is 0 Å². The number of ether oxygens (including phenoxy) is 2. The average molecular weight is 594 g/mol. The molecule has 1 saturated heterocycles. The van der Waals surface area contributed by atoms with E-state index in [1.807, 2.05) is 53.7 Å². The molecule has 0 aliphatic carbocycles. The molecule has 2 unspecified atom stereocenters. The third-order valence-electron chi connectivity index (χ3n) is 8.62. The minimum absolute atomic E-state index is 0.152. The van der Waals surface area contributed by atoms with Gasteiger partial charge in [-0.15, -0.1) is 0 Å². The molecular weight excluding hydrogens is 538 g/mol. The van der Waals surface area contributed by atoms with Crippen molar-refractivity contribution >= 4 is 12.1 Å². The van der Waals surface area contributed by atoms with Gasteiger partial charge in [-0.2, -0.15) is 0 Å². The smallest absolute Gasteiger partial charge is 0.404 e. The molecule has 1 rings (SSSR count). The van der Waals surface area contributed by atoms with Crippen molar-refractivity contribution in [1.82, 2.24) is 0 Å². The molecule has 0 saturated carbocycles. The van der Waals surface area contributed by atoms with Gasteiger partial charge in [0, 0.05) is 36.0 Å². The summed E-state index contributed by atoms with van der Waals surface area (Å²) in [7, 11) is 0. The topological polar surface area (TPSA) is 160 Å². The summed E-state index contributed by atoms with van der Waals surface area (Å²) in [6, 6.07) is 0. The highest BCUT2D eigenvalue weighted by Gasteiger charge is 2.41. The second kappa shape index (κ2) is 17.6. The van der Waals surface area contributed by atoms with Crippen molar-refractivity contribution in [2.24, 2.45) is 47.2 Å². The van der Waals surface area contributed by atoms with Gasteiger partial charge < -0.3 is 35.6 Å². The molecule has 0 radical (unpaired) electrons. The number of amides is 1. The van der Waals surface area contributed by atoms with Gasteiger partial charge in [-0.05, 0) is 26.2 Å². The fraction of sp³-hybridized carbons (Fsp3) is 0.697. The quantitative estimate of drug-likeness (QED) is 0.101.